The summed E-state index contributed by atoms with van der Waals surface area (Å²) in [6, 6.07) is 22.0. The van der Waals surface area contributed by atoms with Crippen molar-refractivity contribution in [2.75, 3.05) is 97.8 Å². The van der Waals surface area contributed by atoms with Gasteiger partial charge in [-0.15, -0.1) is 11.8 Å². The van der Waals surface area contributed by atoms with E-state index in [1.54, 1.807) is 61.6 Å². The van der Waals surface area contributed by atoms with Crippen molar-refractivity contribution in [3.63, 3.8) is 0 Å². The average molecular weight is 2170 g/mol. The Kier molecular flexibility index (Phi) is 28.8. The first-order chi connectivity index (χ1) is 67.8. The first kappa shape index (κ1) is 94.4. The number of rotatable bonds is 19. The molecule has 0 amide bonds. The van der Waals surface area contributed by atoms with Crippen LogP contribution in [-0.2, 0) is 14.1 Å². The molecular formula is C92H95Br3N36O2S6. The molecule has 5 saturated heterocycles. The van der Waals surface area contributed by atoms with Crippen molar-refractivity contribution in [1.29, 1.82) is 0 Å². The highest BCUT2D eigenvalue weighted by atomic mass is 79.9. The van der Waals surface area contributed by atoms with Gasteiger partial charge in [-0.05, 0) is 260 Å². The molecule has 0 spiro atoms. The molecule has 0 aromatic carbocycles. The fourth-order valence-corrected chi connectivity index (χ4v) is 23.2. The molecule has 0 saturated carbocycles. The van der Waals surface area contributed by atoms with E-state index in [0.29, 0.717) is 28.9 Å². The van der Waals surface area contributed by atoms with Gasteiger partial charge in [-0.25, -0.2) is 24.9 Å². The van der Waals surface area contributed by atoms with Crippen molar-refractivity contribution in [2.24, 2.45) is 14.1 Å². The largest absolute Gasteiger partial charge is 0.486 e. The minimum Gasteiger partial charge on any atom is -0.486 e. The molecule has 0 radical (unpaired) electrons. The molecule has 24 rings (SSSR count). The van der Waals surface area contributed by atoms with E-state index < -0.39 is 0 Å². The standard InChI is InChI=1S/2C20H19N7OS.C19H20Br2N8S.C18H20N8S2.C15H17BrN6S/c2*1-12-6-19(29-26-12)25-17-8-16(13-4-3-5-22-9-13)24-20-15(10-23-27(17)20)14-7-18(21-2)28-11-14;1-10-6-14(30-27-10)25-19-15(20)16(11-4-3-5-22-7-11)26-18-13(9-24-29(18)19)12-8-23-28(2)17(12)21;1-11-5-17(28-24-11)23-16-6-14(15-9-19-3-4-27-15)22-18-13(8-21-26(16)18)12-7-20-25(2)10-12;1-9-5-14(23-21-9)20-13-6-12(10-3-2-4-17-7-10)19-15-11(16)8-18-22(13)15/h2*6-8,10-11,13,22,25H,3-5,9H2,1H3;6,8-9,11,22,25H,3-5,7H2,1-2H3;5-8,10,15,19,23H,3-4,9H2,1-2H3;5-6,8,10,17,20H,2-4,7H2,1H3. The summed E-state index contributed by atoms with van der Waals surface area (Å²) in [5.41, 5.74) is 21.4. The van der Waals surface area contributed by atoms with Crippen molar-refractivity contribution in [1.82, 2.24) is 141 Å². The SMILES string of the molecule is Cc1cc(Nc2c(Br)c(C3CCCNC3)nc3c(-c4cnn(C)c4Br)cnn23)sn1.Cc1cc(Nc2cc(C3CCCNC3)nc3c(Br)cnn23)sn1.Cc1cc(Nc2cc(C3CNCCS3)nc3c(-c4cnn(C)c4)cnn23)sn1.[C-]#[N+]c1cc(-c2cnn3c(Nc4cc(C)ns4)cc(C4CCCNC4)nc23)co1.[C-]#[N+]c1cc(-c2cnn3c(Nc4cc(C)ns4)cc(C4CCCNC4)nc23)co1. The van der Waals surface area contributed by atoms with Crippen LogP contribution < -0.4 is 53.2 Å². The number of thioether (sulfide) groups is 1. The predicted molar refractivity (Wildman–Crippen MR) is 558 cm³/mol. The van der Waals surface area contributed by atoms with Gasteiger partial charge in [0.25, 0.3) is 0 Å². The Morgan fingerprint density at radius 1 is 0.388 bits per heavy atom. The first-order valence-corrected chi connectivity index (χ1v) is 52.7. The summed E-state index contributed by atoms with van der Waals surface area (Å²) >= 11 is 20.1. The topological polar surface area (TPSA) is 406 Å². The molecule has 5 fully saturated rings. The molecule has 19 aromatic heterocycles. The van der Waals surface area contributed by atoms with E-state index in [1.165, 1.54) is 70.5 Å². The molecule has 10 N–H and O–H groups in total. The molecule has 5 aliphatic rings. The van der Waals surface area contributed by atoms with E-state index in [2.05, 4.69) is 192 Å². The molecule has 0 aliphatic carbocycles. The number of fused-ring (bicyclic) bond motifs is 5. The monoisotopic (exact) mass is 2160 g/mol. The lowest BCUT2D eigenvalue weighted by molar-refractivity contribution is 0.453. The highest BCUT2D eigenvalue weighted by Crippen LogP contribution is 2.44. The third kappa shape index (κ3) is 21.2. The van der Waals surface area contributed by atoms with Crippen LogP contribution in [0.5, 0.6) is 0 Å². The number of anilines is 10. The number of piperidine rings is 4. The van der Waals surface area contributed by atoms with E-state index in [4.69, 9.17) is 46.9 Å². The van der Waals surface area contributed by atoms with Crippen molar-refractivity contribution in [2.45, 2.75) is 115 Å². The molecular weight excluding hydrogens is 2070 g/mol. The number of aromatic nitrogens is 24. The number of nitrogens with zero attached hydrogens (tertiary/aromatic N) is 26. The average Bonchev–Trinajstić information content (AvgIpc) is 1.62. The van der Waals surface area contributed by atoms with Gasteiger partial charge >= 0.3 is 11.8 Å². The molecule has 5 atom stereocenters. The summed E-state index contributed by atoms with van der Waals surface area (Å²) < 4.78 is 47.9. The fourth-order valence-electron chi connectivity index (χ4n) is 17.3. The Hall–Kier alpha value is -12.2. The molecule has 38 nitrogen and oxygen atoms in total. The van der Waals surface area contributed by atoms with Crippen LogP contribution in [0.1, 0.15) is 137 Å². The second-order valence-electron chi connectivity index (χ2n) is 34.3. The molecule has 5 aliphatic heterocycles. The molecule has 47 heteroatoms. The molecule has 24 heterocycles. The maximum absolute atomic E-state index is 7.15. The maximum atomic E-state index is 7.15. The van der Waals surface area contributed by atoms with Gasteiger partial charge in [-0.3, -0.25) is 9.36 Å². The van der Waals surface area contributed by atoms with Crippen LogP contribution in [0.4, 0.5) is 65.9 Å². The highest BCUT2D eigenvalue weighted by Gasteiger charge is 2.31. The minimum absolute atomic E-state index is 0.255. The lowest BCUT2D eigenvalue weighted by atomic mass is 9.96. The second kappa shape index (κ2) is 42.5. The quantitative estimate of drug-likeness (QED) is 0.0336. The summed E-state index contributed by atoms with van der Waals surface area (Å²) in [5, 5.41) is 71.4. The third-order valence-corrected chi connectivity index (χ3v) is 31.7. The van der Waals surface area contributed by atoms with Gasteiger partial charge in [0.2, 0.25) is 0 Å². The number of aryl methyl sites for hydroxylation is 7. The third-order valence-electron chi connectivity index (χ3n) is 24.2. The van der Waals surface area contributed by atoms with Gasteiger partial charge in [-0.1, -0.05) is 0 Å². The Morgan fingerprint density at radius 2 is 0.770 bits per heavy atom. The fraction of sp³-hybridized carbons (Fsp3) is 0.337. The number of furan rings is 2. The van der Waals surface area contributed by atoms with Crippen LogP contribution in [-0.4, -0.2) is 186 Å². The van der Waals surface area contributed by atoms with Crippen LogP contribution in [0.15, 0.2) is 151 Å². The van der Waals surface area contributed by atoms with Crippen LogP contribution >= 0.6 is 117 Å². The van der Waals surface area contributed by atoms with Gasteiger partial charge in [0.15, 0.2) is 34.1 Å². The van der Waals surface area contributed by atoms with Crippen LogP contribution in [0.2, 0.25) is 0 Å². The zero-order chi connectivity index (χ0) is 95.3. The van der Waals surface area contributed by atoms with Gasteiger partial charge in [0, 0.05) is 152 Å². The van der Waals surface area contributed by atoms with E-state index in [9.17, 15) is 0 Å². The Labute approximate surface area is 847 Å². The van der Waals surface area contributed by atoms with E-state index in [-0.39, 0.29) is 11.8 Å². The number of hydrogen-bond donors (Lipinski definition) is 10. The highest BCUT2D eigenvalue weighted by molar-refractivity contribution is 9.11. The van der Waals surface area contributed by atoms with E-state index in [0.717, 1.165) is 307 Å². The van der Waals surface area contributed by atoms with Crippen molar-refractivity contribution >= 4 is 211 Å². The zero-order valence-electron chi connectivity index (χ0n) is 76.5. The summed E-state index contributed by atoms with van der Waals surface area (Å²) in [5.74, 6) is 7.44. The van der Waals surface area contributed by atoms with Crippen LogP contribution in [0, 0.1) is 47.8 Å². The maximum Gasteiger partial charge on any atom is 0.346 e. The van der Waals surface area contributed by atoms with Gasteiger partial charge < -0.3 is 62.0 Å². The Bertz CT molecular complexity index is 7470. The number of hydrogen-bond acceptors (Lipinski definition) is 35. The summed E-state index contributed by atoms with van der Waals surface area (Å²) in [6.07, 6.45) is 27.0. The lowest BCUT2D eigenvalue weighted by Gasteiger charge is -2.24. The van der Waals surface area contributed by atoms with Crippen molar-refractivity contribution < 1.29 is 8.83 Å². The zero-order valence-corrected chi connectivity index (χ0v) is 86.1. The van der Waals surface area contributed by atoms with Crippen LogP contribution in [0.3, 0.4) is 0 Å². The molecule has 712 valence electrons. The molecule has 19 aromatic rings. The van der Waals surface area contributed by atoms with Crippen molar-refractivity contribution in [3.8, 4) is 44.5 Å². The summed E-state index contributed by atoms with van der Waals surface area (Å²) in [6.45, 7) is 34.2. The molecule has 139 heavy (non-hydrogen) atoms. The Balaban J connectivity index is 0.000000107. The number of halogens is 3. The molecule has 5 unspecified atom stereocenters. The van der Waals surface area contributed by atoms with Gasteiger partial charge in [0.05, 0.1) is 146 Å². The van der Waals surface area contributed by atoms with Gasteiger partial charge in [0.1, 0.15) is 52.9 Å². The smallest absolute Gasteiger partial charge is 0.346 e. The Morgan fingerprint density at radius 3 is 1.16 bits per heavy atom. The van der Waals surface area contributed by atoms with E-state index in [1.807, 2.05) is 135 Å². The van der Waals surface area contributed by atoms with Crippen molar-refractivity contribution in [3.05, 3.63) is 222 Å². The minimum atomic E-state index is 0.255. The van der Waals surface area contributed by atoms with Crippen LogP contribution in [0.25, 0.3) is 82.4 Å². The summed E-state index contributed by atoms with van der Waals surface area (Å²) in [4.78, 5) is 31.6. The van der Waals surface area contributed by atoms with Gasteiger partial charge in [-0.2, -0.15) is 89.8 Å². The lowest BCUT2D eigenvalue weighted by Crippen LogP contribution is -2.29. The second-order valence-corrected chi connectivity index (χ2v) is 42.0. The first-order valence-electron chi connectivity index (χ1n) is 45.4. The normalized spacial score (nSPS) is 17.2. The van der Waals surface area contributed by atoms with E-state index >= 15 is 0 Å². The number of nitrogens with one attached hydrogen (secondary N) is 10. The predicted octanol–water partition coefficient (Wildman–Crippen LogP) is 20.1. The molecule has 0 bridgehead atoms. The summed E-state index contributed by atoms with van der Waals surface area (Å²) in [7, 11) is 3.82.